The number of nitrogens with one attached hydrogen (secondary N) is 2. The van der Waals surface area contributed by atoms with Crippen molar-refractivity contribution in [1.29, 1.82) is 5.41 Å². The number of hydrogen-bond acceptors (Lipinski definition) is 6. The summed E-state index contributed by atoms with van der Waals surface area (Å²) in [6.45, 7) is 3.78. The largest absolute Gasteiger partial charge is 0.454 e. The number of halogens is 1. The molecule has 1 aromatic heterocycles. The van der Waals surface area contributed by atoms with E-state index in [2.05, 4.69) is 10.4 Å². The molecule has 3 aliphatic rings. The summed E-state index contributed by atoms with van der Waals surface area (Å²) >= 11 is 0. The van der Waals surface area contributed by atoms with Gasteiger partial charge in [0.05, 0.1) is 28.7 Å². The molecule has 2 amide bonds. The Balaban J connectivity index is 1.11. The maximum Gasteiger partial charge on any atom is 0.328 e. The highest BCUT2D eigenvalue weighted by atomic mass is 19.1. The highest BCUT2D eigenvalue weighted by Gasteiger charge is 2.49. The SMILES string of the molecule is Cc1cc2c(cc1N1C(=N)C3(CCCCC3)NC1=O)CC(C(=O)c1cnn(-c3ccc(Oc4ccccc4F)cc3C)c1N)=C2. The minimum absolute atomic E-state index is 0.124. The number of amidine groups is 1. The van der Waals surface area contributed by atoms with Crippen LogP contribution in [0.2, 0.25) is 0 Å². The summed E-state index contributed by atoms with van der Waals surface area (Å²) in [6.07, 6.45) is 8.36. The molecule has 4 aromatic rings. The van der Waals surface area contributed by atoms with Gasteiger partial charge in [-0.1, -0.05) is 31.4 Å². The molecule has 9 nitrogen and oxygen atoms in total. The van der Waals surface area contributed by atoms with Crippen LogP contribution >= 0.6 is 0 Å². The van der Waals surface area contributed by atoms with E-state index in [1.807, 2.05) is 32.1 Å². The normalized spacial score (nSPS) is 17.0. The first kappa shape index (κ1) is 28.5. The molecule has 45 heavy (non-hydrogen) atoms. The second-order valence-electron chi connectivity index (χ2n) is 12.1. The van der Waals surface area contributed by atoms with E-state index in [1.165, 1.54) is 21.8 Å². The Morgan fingerprint density at radius 1 is 1.04 bits per heavy atom. The molecule has 1 saturated heterocycles. The van der Waals surface area contributed by atoms with E-state index in [-0.39, 0.29) is 28.9 Å². The molecule has 0 atom stereocenters. The number of urea groups is 1. The number of aromatic nitrogens is 2. The van der Waals surface area contributed by atoms with Crippen LogP contribution in [0, 0.1) is 25.1 Å². The van der Waals surface area contributed by atoms with E-state index < -0.39 is 11.4 Å². The molecule has 10 heteroatoms. The molecule has 2 aliphatic carbocycles. The van der Waals surface area contributed by atoms with Crippen molar-refractivity contribution in [2.75, 3.05) is 10.6 Å². The number of nitrogen functional groups attached to an aromatic ring is 1. The van der Waals surface area contributed by atoms with Crippen LogP contribution < -0.4 is 20.7 Å². The van der Waals surface area contributed by atoms with E-state index in [4.69, 9.17) is 15.9 Å². The molecule has 228 valence electrons. The third kappa shape index (κ3) is 4.77. The molecule has 1 aliphatic heterocycles. The van der Waals surface area contributed by atoms with E-state index in [1.54, 1.807) is 36.4 Å². The van der Waals surface area contributed by atoms with Crippen LogP contribution in [0.5, 0.6) is 11.5 Å². The maximum absolute atomic E-state index is 14.1. The smallest absolute Gasteiger partial charge is 0.328 e. The van der Waals surface area contributed by atoms with Gasteiger partial charge in [0.25, 0.3) is 0 Å². The number of fused-ring (bicyclic) bond motifs is 1. The van der Waals surface area contributed by atoms with Gasteiger partial charge in [-0.25, -0.2) is 18.8 Å². The minimum Gasteiger partial charge on any atom is -0.454 e. The number of carbonyl (C=O) groups is 2. The molecule has 1 spiro atoms. The molecule has 7 rings (SSSR count). The van der Waals surface area contributed by atoms with Crippen molar-refractivity contribution in [3.8, 4) is 17.2 Å². The van der Waals surface area contributed by atoms with Gasteiger partial charge in [-0.3, -0.25) is 10.2 Å². The molecule has 1 saturated carbocycles. The molecular weight excluding hydrogens is 571 g/mol. The molecule has 0 radical (unpaired) electrons. The van der Waals surface area contributed by atoms with Gasteiger partial charge in [-0.15, -0.1) is 0 Å². The quantitative estimate of drug-likeness (QED) is 0.204. The highest BCUT2D eigenvalue weighted by molar-refractivity contribution is 6.25. The monoisotopic (exact) mass is 604 g/mol. The number of amides is 2. The van der Waals surface area contributed by atoms with E-state index in [0.29, 0.717) is 35.0 Å². The van der Waals surface area contributed by atoms with Gasteiger partial charge in [0, 0.05) is 12.0 Å². The molecule has 0 bridgehead atoms. The van der Waals surface area contributed by atoms with Crippen molar-refractivity contribution in [2.24, 2.45) is 0 Å². The molecular formula is C35H33FN6O3. The van der Waals surface area contributed by atoms with Crippen LogP contribution in [-0.4, -0.2) is 33.0 Å². The number of Topliss-reactive ketones (excluding diaryl/α,β-unsaturated/α-hetero) is 1. The molecule has 3 aromatic carbocycles. The van der Waals surface area contributed by atoms with Gasteiger partial charge in [0.1, 0.15) is 17.4 Å². The zero-order chi connectivity index (χ0) is 31.5. The van der Waals surface area contributed by atoms with Crippen molar-refractivity contribution in [1.82, 2.24) is 15.1 Å². The van der Waals surface area contributed by atoms with Crippen molar-refractivity contribution in [3.05, 3.63) is 100 Å². The van der Waals surface area contributed by atoms with E-state index in [0.717, 1.165) is 54.4 Å². The number of hydrogen-bond donors (Lipinski definition) is 3. The predicted molar refractivity (Wildman–Crippen MR) is 171 cm³/mol. The van der Waals surface area contributed by atoms with Gasteiger partial charge in [0.2, 0.25) is 0 Å². The number of nitrogens with two attached hydrogens (primary N) is 1. The first-order valence-electron chi connectivity index (χ1n) is 15.1. The number of ketones is 1. The zero-order valence-electron chi connectivity index (χ0n) is 25.1. The van der Waals surface area contributed by atoms with Crippen molar-refractivity contribution in [3.63, 3.8) is 0 Å². The van der Waals surface area contributed by atoms with Crippen LogP contribution in [0.4, 0.5) is 20.7 Å². The number of ether oxygens (including phenoxy) is 1. The second kappa shape index (κ2) is 10.7. The molecule has 0 unspecified atom stereocenters. The number of rotatable bonds is 6. The molecule has 2 fully saturated rings. The third-order valence-electron chi connectivity index (χ3n) is 9.15. The lowest BCUT2D eigenvalue weighted by Crippen LogP contribution is -2.48. The van der Waals surface area contributed by atoms with E-state index in [9.17, 15) is 14.0 Å². The molecule has 4 N–H and O–H groups in total. The van der Waals surface area contributed by atoms with Gasteiger partial charge in [-0.2, -0.15) is 5.10 Å². The number of anilines is 2. The number of carbonyl (C=O) groups excluding carboxylic acids is 2. The molecule has 2 heterocycles. The summed E-state index contributed by atoms with van der Waals surface area (Å²) in [5, 5.41) is 16.5. The fourth-order valence-electron chi connectivity index (χ4n) is 6.74. The summed E-state index contributed by atoms with van der Waals surface area (Å²) in [6, 6.07) is 15.0. The van der Waals surface area contributed by atoms with Crippen LogP contribution in [0.3, 0.4) is 0 Å². The Morgan fingerprint density at radius 2 is 1.80 bits per heavy atom. The lowest BCUT2D eigenvalue weighted by Gasteiger charge is -2.32. The standard InChI is InChI=1S/C35H33FN6O3/c1-20-14-22-16-24(17-23(22)18-29(20)41-33(38)35(40-34(41)44)12-6-3-7-13-35)31(43)26-19-39-42(32(26)37)28-11-10-25(15-21(28)2)45-30-9-5-4-8-27(30)36/h4-5,8-11,14-16,18-19,38H,3,6-7,12-13,17,37H2,1-2H3,(H,40,44). The van der Waals surface area contributed by atoms with Crippen LogP contribution in [-0.2, 0) is 6.42 Å². The average Bonchev–Trinajstić information content (AvgIpc) is 3.67. The van der Waals surface area contributed by atoms with Crippen molar-refractivity contribution in [2.45, 2.75) is 57.9 Å². The van der Waals surface area contributed by atoms with Crippen molar-refractivity contribution < 1.29 is 18.7 Å². The maximum atomic E-state index is 14.1. The van der Waals surface area contributed by atoms with Crippen LogP contribution in [0.1, 0.15) is 64.7 Å². The number of para-hydroxylation sites is 1. The number of aryl methyl sites for hydroxylation is 2. The van der Waals surface area contributed by atoms with Gasteiger partial charge >= 0.3 is 6.03 Å². The number of allylic oxidation sites excluding steroid dienone is 1. The first-order valence-corrected chi connectivity index (χ1v) is 15.1. The van der Waals surface area contributed by atoms with Crippen LogP contribution in [0.25, 0.3) is 11.8 Å². The Hall–Kier alpha value is -5.25. The van der Waals surface area contributed by atoms with E-state index >= 15 is 0 Å². The third-order valence-corrected chi connectivity index (χ3v) is 9.15. The fourth-order valence-corrected chi connectivity index (χ4v) is 6.74. The Kier molecular flexibility index (Phi) is 6.80. The number of nitrogens with zero attached hydrogens (tertiary/aromatic N) is 3. The minimum atomic E-state index is -0.594. The Labute approximate surface area is 260 Å². The average molecular weight is 605 g/mol. The van der Waals surface area contributed by atoms with Gasteiger partial charge in [-0.05, 0) is 97.5 Å². The predicted octanol–water partition coefficient (Wildman–Crippen LogP) is 7.03. The topological polar surface area (TPSA) is 126 Å². The summed E-state index contributed by atoms with van der Waals surface area (Å²) < 4.78 is 21.3. The lowest BCUT2D eigenvalue weighted by atomic mass is 9.81. The van der Waals surface area contributed by atoms with Crippen LogP contribution in [0.15, 0.2) is 66.4 Å². The Morgan fingerprint density at radius 3 is 2.56 bits per heavy atom. The van der Waals surface area contributed by atoms with Gasteiger partial charge < -0.3 is 15.8 Å². The first-order chi connectivity index (χ1) is 21.6. The number of benzene rings is 3. The van der Waals surface area contributed by atoms with Crippen molar-refractivity contribution >= 4 is 35.2 Å². The zero-order valence-corrected chi connectivity index (χ0v) is 25.1. The fraction of sp³-hybridized carbons (Fsp3) is 0.257. The van der Waals surface area contributed by atoms with Gasteiger partial charge in [0.15, 0.2) is 17.3 Å². The summed E-state index contributed by atoms with van der Waals surface area (Å²) in [7, 11) is 0. The summed E-state index contributed by atoms with van der Waals surface area (Å²) in [5.74, 6) is 0.419. The second-order valence-corrected chi connectivity index (χ2v) is 12.1. The Bertz CT molecular complexity index is 1940. The highest BCUT2D eigenvalue weighted by Crippen LogP contribution is 2.40. The lowest BCUT2D eigenvalue weighted by molar-refractivity contribution is 0.103. The summed E-state index contributed by atoms with van der Waals surface area (Å²) in [4.78, 5) is 28.3. The summed E-state index contributed by atoms with van der Waals surface area (Å²) in [5.41, 5.74) is 11.5.